The van der Waals surface area contributed by atoms with Crippen molar-refractivity contribution in [1.29, 1.82) is 0 Å². The first-order valence-electron chi connectivity index (χ1n) is 10.3. The molecular weight excluding hydrogens is 380 g/mol. The number of fused-ring (bicyclic) bond motifs is 1. The van der Waals surface area contributed by atoms with E-state index < -0.39 is 5.97 Å². The summed E-state index contributed by atoms with van der Waals surface area (Å²) < 4.78 is 7.66. The predicted molar refractivity (Wildman–Crippen MR) is 115 cm³/mol. The van der Waals surface area contributed by atoms with Crippen LogP contribution in [0, 0.1) is 5.92 Å². The van der Waals surface area contributed by atoms with Gasteiger partial charge in [0.25, 0.3) is 5.91 Å². The maximum atomic E-state index is 13.1. The fraction of sp³-hybridized carbons (Fsp3) is 0.333. The van der Waals surface area contributed by atoms with Crippen LogP contribution in [-0.2, 0) is 11.3 Å². The molecule has 1 fully saturated rings. The molecule has 156 valence electrons. The Morgan fingerprint density at radius 3 is 2.57 bits per heavy atom. The van der Waals surface area contributed by atoms with Crippen LogP contribution >= 0.6 is 0 Å². The molecule has 0 unspecified atom stereocenters. The number of hydrogen-bond acceptors (Lipinski definition) is 3. The molecule has 2 heterocycles. The van der Waals surface area contributed by atoms with E-state index >= 15 is 0 Å². The van der Waals surface area contributed by atoms with Gasteiger partial charge in [0.2, 0.25) is 0 Å². The third kappa shape index (κ3) is 4.24. The lowest BCUT2D eigenvalue weighted by molar-refractivity contribution is 0.0616. The molecule has 0 aliphatic carbocycles. The first-order chi connectivity index (χ1) is 14.5. The molecule has 6 heteroatoms. The van der Waals surface area contributed by atoms with Crippen LogP contribution in [-0.4, -0.2) is 34.8 Å². The smallest absolute Gasteiger partial charge is 0.335 e. The van der Waals surface area contributed by atoms with Crippen LogP contribution < -0.4 is 5.32 Å². The van der Waals surface area contributed by atoms with Gasteiger partial charge in [-0.05, 0) is 55.5 Å². The van der Waals surface area contributed by atoms with E-state index in [2.05, 4.69) is 22.1 Å². The SMILES string of the molecule is C[C@H](NC(=O)c1cccc2ccn(CC3CCOCC3)c12)c1ccc(C(=O)O)cc1. The molecule has 30 heavy (non-hydrogen) atoms. The number of nitrogens with zero attached hydrogens (tertiary/aromatic N) is 1. The lowest BCUT2D eigenvalue weighted by Gasteiger charge is -2.23. The number of carbonyl (C=O) groups is 2. The average molecular weight is 406 g/mol. The summed E-state index contributed by atoms with van der Waals surface area (Å²) in [5.41, 5.74) is 2.69. The van der Waals surface area contributed by atoms with Crippen LogP contribution in [0.3, 0.4) is 0 Å². The number of hydrogen-bond donors (Lipinski definition) is 2. The molecule has 1 aliphatic heterocycles. The molecule has 1 aliphatic rings. The summed E-state index contributed by atoms with van der Waals surface area (Å²) in [7, 11) is 0. The normalized spacial score (nSPS) is 15.8. The van der Waals surface area contributed by atoms with Gasteiger partial charge in [0.1, 0.15) is 0 Å². The molecule has 0 bridgehead atoms. The third-order valence-electron chi connectivity index (χ3n) is 5.83. The molecule has 2 N–H and O–H groups in total. The van der Waals surface area contributed by atoms with Gasteiger partial charge in [0.15, 0.2) is 0 Å². The molecular formula is C24H26N2O4. The van der Waals surface area contributed by atoms with Gasteiger partial charge >= 0.3 is 5.97 Å². The number of amides is 1. The molecule has 3 aromatic rings. The molecule has 1 atom stereocenters. The number of aromatic carboxylic acids is 1. The fourth-order valence-corrected chi connectivity index (χ4v) is 4.08. The highest BCUT2D eigenvalue weighted by atomic mass is 16.5. The largest absolute Gasteiger partial charge is 0.478 e. The predicted octanol–water partition coefficient (Wildman–Crippen LogP) is 4.26. The van der Waals surface area contributed by atoms with Crippen molar-refractivity contribution in [2.75, 3.05) is 13.2 Å². The number of rotatable bonds is 6. The van der Waals surface area contributed by atoms with Gasteiger partial charge in [0, 0.05) is 31.3 Å². The number of nitrogens with one attached hydrogen (secondary N) is 1. The fourth-order valence-electron chi connectivity index (χ4n) is 4.08. The van der Waals surface area contributed by atoms with Crippen molar-refractivity contribution in [1.82, 2.24) is 9.88 Å². The summed E-state index contributed by atoms with van der Waals surface area (Å²) in [6.07, 6.45) is 4.14. The van der Waals surface area contributed by atoms with Crippen molar-refractivity contribution >= 4 is 22.8 Å². The minimum Gasteiger partial charge on any atom is -0.478 e. The number of benzene rings is 2. The molecule has 0 saturated carbocycles. The Balaban J connectivity index is 1.55. The Labute approximate surface area is 175 Å². The molecule has 1 saturated heterocycles. The van der Waals surface area contributed by atoms with E-state index in [0.717, 1.165) is 49.1 Å². The average Bonchev–Trinajstić information content (AvgIpc) is 3.17. The van der Waals surface area contributed by atoms with Gasteiger partial charge in [-0.25, -0.2) is 4.79 Å². The van der Waals surface area contributed by atoms with Crippen LogP contribution in [0.1, 0.15) is 52.1 Å². The Bertz CT molecular complexity index is 1050. The van der Waals surface area contributed by atoms with Gasteiger partial charge in [0.05, 0.1) is 22.7 Å². The number of ether oxygens (including phenoxy) is 1. The minimum absolute atomic E-state index is 0.137. The zero-order chi connectivity index (χ0) is 21.1. The topological polar surface area (TPSA) is 80.6 Å². The van der Waals surface area contributed by atoms with E-state index in [0.29, 0.717) is 11.5 Å². The van der Waals surface area contributed by atoms with Crippen LogP contribution in [0.5, 0.6) is 0 Å². The molecule has 1 aromatic heterocycles. The second kappa shape index (κ2) is 8.71. The molecule has 6 nitrogen and oxygen atoms in total. The van der Waals surface area contributed by atoms with Crippen LogP contribution in [0.25, 0.3) is 10.9 Å². The number of para-hydroxylation sites is 1. The standard InChI is InChI=1S/C24H26N2O4/c1-16(18-5-7-20(8-6-18)24(28)29)25-23(27)21-4-2-3-19-9-12-26(22(19)21)15-17-10-13-30-14-11-17/h2-9,12,16-17H,10-11,13-15H2,1H3,(H,25,27)(H,28,29)/t16-/m0/s1. The van der Waals surface area contributed by atoms with E-state index in [4.69, 9.17) is 9.84 Å². The third-order valence-corrected chi connectivity index (χ3v) is 5.83. The summed E-state index contributed by atoms with van der Waals surface area (Å²) in [5.74, 6) is -0.547. The van der Waals surface area contributed by atoms with E-state index in [9.17, 15) is 9.59 Å². The lowest BCUT2D eigenvalue weighted by Crippen LogP contribution is -2.27. The summed E-state index contributed by atoms with van der Waals surface area (Å²) in [6.45, 7) is 4.38. The monoisotopic (exact) mass is 406 g/mol. The molecule has 1 amide bonds. The second-order valence-electron chi connectivity index (χ2n) is 7.89. The maximum absolute atomic E-state index is 13.1. The second-order valence-corrected chi connectivity index (χ2v) is 7.89. The number of aromatic nitrogens is 1. The van der Waals surface area contributed by atoms with Crippen molar-refractivity contribution in [3.63, 3.8) is 0 Å². The van der Waals surface area contributed by atoms with Crippen molar-refractivity contribution in [2.24, 2.45) is 5.92 Å². The van der Waals surface area contributed by atoms with Gasteiger partial charge in [-0.2, -0.15) is 0 Å². The van der Waals surface area contributed by atoms with Crippen molar-refractivity contribution in [3.8, 4) is 0 Å². The van der Waals surface area contributed by atoms with Crippen LogP contribution in [0.4, 0.5) is 0 Å². The van der Waals surface area contributed by atoms with E-state index in [-0.39, 0.29) is 17.5 Å². The minimum atomic E-state index is -0.963. The zero-order valence-corrected chi connectivity index (χ0v) is 17.0. The van der Waals surface area contributed by atoms with Gasteiger partial charge < -0.3 is 19.7 Å². The first kappa shape index (κ1) is 20.2. The summed E-state index contributed by atoms with van der Waals surface area (Å²) in [5, 5.41) is 13.2. The highest BCUT2D eigenvalue weighted by Crippen LogP contribution is 2.25. The number of carboxylic acids is 1. The molecule has 0 radical (unpaired) electrons. The Hall–Kier alpha value is -3.12. The van der Waals surface area contributed by atoms with Crippen molar-refractivity contribution in [2.45, 2.75) is 32.4 Å². The summed E-state index contributed by atoms with van der Waals surface area (Å²) in [4.78, 5) is 24.2. The molecule has 2 aromatic carbocycles. The van der Waals surface area contributed by atoms with Crippen molar-refractivity contribution in [3.05, 3.63) is 71.4 Å². The number of carboxylic acid groups (broad SMARTS) is 1. The van der Waals surface area contributed by atoms with E-state index in [1.807, 2.05) is 25.1 Å². The molecule has 0 spiro atoms. The van der Waals surface area contributed by atoms with Gasteiger partial charge in [-0.15, -0.1) is 0 Å². The highest BCUT2D eigenvalue weighted by molar-refractivity contribution is 6.06. The number of carbonyl (C=O) groups excluding carboxylic acids is 1. The Morgan fingerprint density at radius 1 is 1.13 bits per heavy atom. The molecule has 4 rings (SSSR count). The Morgan fingerprint density at radius 2 is 1.87 bits per heavy atom. The zero-order valence-electron chi connectivity index (χ0n) is 17.0. The Kier molecular flexibility index (Phi) is 5.86. The van der Waals surface area contributed by atoms with Gasteiger partial charge in [-0.3, -0.25) is 4.79 Å². The lowest BCUT2D eigenvalue weighted by atomic mass is 10.00. The summed E-state index contributed by atoms with van der Waals surface area (Å²) >= 11 is 0. The van der Waals surface area contributed by atoms with Crippen molar-refractivity contribution < 1.29 is 19.4 Å². The van der Waals surface area contributed by atoms with E-state index in [1.54, 1.807) is 24.3 Å². The van der Waals surface area contributed by atoms with E-state index in [1.165, 1.54) is 0 Å². The van der Waals surface area contributed by atoms with Gasteiger partial charge in [-0.1, -0.05) is 24.3 Å². The summed E-state index contributed by atoms with van der Waals surface area (Å²) in [6, 6.07) is 14.2. The first-order valence-corrected chi connectivity index (χ1v) is 10.3. The van der Waals surface area contributed by atoms with Crippen LogP contribution in [0.2, 0.25) is 0 Å². The van der Waals surface area contributed by atoms with Crippen LogP contribution in [0.15, 0.2) is 54.7 Å². The maximum Gasteiger partial charge on any atom is 0.335 e. The quantitative estimate of drug-likeness (QED) is 0.641. The highest BCUT2D eigenvalue weighted by Gasteiger charge is 2.19.